The van der Waals surface area contributed by atoms with Crippen molar-refractivity contribution in [2.45, 2.75) is 25.4 Å². The monoisotopic (exact) mass is 255 g/mol. The summed E-state index contributed by atoms with van der Waals surface area (Å²) < 4.78 is 26.2. The highest BCUT2D eigenvalue weighted by Crippen LogP contribution is 2.32. The minimum atomic E-state index is -0.990. The van der Waals surface area contributed by atoms with Crippen molar-refractivity contribution < 1.29 is 18.7 Å². The SMILES string of the molecule is O=C(Cc1cccc(F)c1F)NCC(O)C1CC1. The van der Waals surface area contributed by atoms with E-state index in [0.717, 1.165) is 18.9 Å². The molecule has 18 heavy (non-hydrogen) atoms. The van der Waals surface area contributed by atoms with Gasteiger partial charge in [0.2, 0.25) is 5.91 Å². The third-order valence-corrected chi connectivity index (χ3v) is 3.06. The van der Waals surface area contributed by atoms with Gasteiger partial charge in [-0.05, 0) is 24.8 Å². The van der Waals surface area contributed by atoms with Gasteiger partial charge in [-0.1, -0.05) is 12.1 Å². The van der Waals surface area contributed by atoms with Crippen LogP contribution in [0.25, 0.3) is 0 Å². The van der Waals surface area contributed by atoms with Gasteiger partial charge < -0.3 is 10.4 Å². The van der Waals surface area contributed by atoms with Crippen molar-refractivity contribution >= 4 is 5.91 Å². The van der Waals surface area contributed by atoms with Gasteiger partial charge in [0.1, 0.15) is 0 Å². The summed E-state index contributed by atoms with van der Waals surface area (Å²) in [6.07, 6.45) is 1.21. The predicted molar refractivity (Wildman–Crippen MR) is 61.8 cm³/mol. The number of nitrogens with one attached hydrogen (secondary N) is 1. The van der Waals surface area contributed by atoms with Gasteiger partial charge in [-0.15, -0.1) is 0 Å². The Labute approximate surface area is 104 Å². The van der Waals surface area contributed by atoms with Gasteiger partial charge in [0.15, 0.2) is 11.6 Å². The molecule has 0 bridgehead atoms. The number of carbonyl (C=O) groups is 1. The Hall–Kier alpha value is -1.49. The first-order chi connectivity index (χ1) is 8.58. The standard InChI is InChI=1S/C13H15F2NO2/c14-10-3-1-2-9(13(10)15)6-12(18)16-7-11(17)8-4-5-8/h1-3,8,11,17H,4-7H2,(H,16,18). The lowest BCUT2D eigenvalue weighted by Gasteiger charge is -2.10. The summed E-state index contributed by atoms with van der Waals surface area (Å²) in [7, 11) is 0. The summed E-state index contributed by atoms with van der Waals surface area (Å²) in [4.78, 5) is 11.5. The van der Waals surface area contributed by atoms with E-state index < -0.39 is 23.6 Å². The number of hydrogen-bond acceptors (Lipinski definition) is 2. The van der Waals surface area contributed by atoms with Crippen LogP contribution in [0.2, 0.25) is 0 Å². The van der Waals surface area contributed by atoms with Crippen LogP contribution >= 0.6 is 0 Å². The molecule has 2 N–H and O–H groups in total. The molecule has 1 aliphatic carbocycles. The quantitative estimate of drug-likeness (QED) is 0.835. The first-order valence-corrected chi connectivity index (χ1v) is 5.95. The van der Waals surface area contributed by atoms with E-state index in [-0.39, 0.29) is 24.4 Å². The maximum atomic E-state index is 13.3. The van der Waals surface area contributed by atoms with Crippen LogP contribution in [0.3, 0.4) is 0 Å². The summed E-state index contributed by atoms with van der Waals surface area (Å²) >= 11 is 0. The third-order valence-electron chi connectivity index (χ3n) is 3.06. The second-order valence-electron chi connectivity index (χ2n) is 4.60. The molecule has 1 aromatic carbocycles. The van der Waals surface area contributed by atoms with Gasteiger partial charge >= 0.3 is 0 Å². The van der Waals surface area contributed by atoms with Crippen LogP contribution in [0.5, 0.6) is 0 Å². The lowest BCUT2D eigenvalue weighted by molar-refractivity contribution is -0.121. The Kier molecular flexibility index (Phi) is 3.91. The maximum Gasteiger partial charge on any atom is 0.224 e. The van der Waals surface area contributed by atoms with Gasteiger partial charge in [-0.25, -0.2) is 8.78 Å². The highest BCUT2D eigenvalue weighted by Gasteiger charge is 2.29. The predicted octanol–water partition coefficient (Wildman–Crippen LogP) is 1.39. The number of halogens is 2. The van der Waals surface area contributed by atoms with E-state index in [1.165, 1.54) is 12.1 Å². The van der Waals surface area contributed by atoms with E-state index in [0.29, 0.717) is 0 Å². The van der Waals surface area contributed by atoms with E-state index in [2.05, 4.69) is 5.32 Å². The fraction of sp³-hybridized carbons (Fsp3) is 0.462. The van der Waals surface area contributed by atoms with Gasteiger partial charge in [-0.2, -0.15) is 0 Å². The molecule has 1 fully saturated rings. The lowest BCUT2D eigenvalue weighted by Crippen LogP contribution is -2.34. The van der Waals surface area contributed by atoms with Gasteiger partial charge in [0, 0.05) is 12.1 Å². The minimum Gasteiger partial charge on any atom is -0.391 e. The molecule has 3 nitrogen and oxygen atoms in total. The smallest absolute Gasteiger partial charge is 0.224 e. The number of aliphatic hydroxyl groups excluding tert-OH is 1. The molecular weight excluding hydrogens is 240 g/mol. The molecule has 0 spiro atoms. The third kappa shape index (κ3) is 3.26. The molecule has 2 rings (SSSR count). The van der Waals surface area contributed by atoms with E-state index in [9.17, 15) is 18.7 Å². The zero-order valence-corrected chi connectivity index (χ0v) is 9.83. The molecule has 0 aromatic heterocycles. The average Bonchev–Trinajstić information content (AvgIpc) is 3.16. The number of amides is 1. The molecule has 1 amide bonds. The van der Waals surface area contributed by atoms with Crippen LogP contribution in [0.1, 0.15) is 18.4 Å². The zero-order valence-electron chi connectivity index (χ0n) is 9.83. The van der Waals surface area contributed by atoms with Crippen LogP contribution in [-0.2, 0) is 11.2 Å². The number of benzene rings is 1. The van der Waals surface area contributed by atoms with Crippen molar-refractivity contribution in [2.24, 2.45) is 5.92 Å². The molecule has 0 aliphatic heterocycles. The maximum absolute atomic E-state index is 13.3. The fourth-order valence-corrected chi connectivity index (χ4v) is 1.79. The average molecular weight is 255 g/mol. The largest absolute Gasteiger partial charge is 0.391 e. The molecule has 0 radical (unpaired) electrons. The van der Waals surface area contributed by atoms with E-state index in [1.54, 1.807) is 0 Å². The van der Waals surface area contributed by atoms with Crippen LogP contribution in [0.4, 0.5) is 8.78 Å². The molecule has 1 aromatic rings. The molecular formula is C13H15F2NO2. The number of carbonyl (C=O) groups excluding carboxylic acids is 1. The van der Waals surface area contributed by atoms with Gasteiger partial charge in [-0.3, -0.25) is 4.79 Å². The van der Waals surface area contributed by atoms with Crippen molar-refractivity contribution in [1.29, 1.82) is 0 Å². The Bertz CT molecular complexity index is 447. The molecule has 1 saturated carbocycles. The minimum absolute atomic E-state index is 0.0217. The molecule has 0 heterocycles. The summed E-state index contributed by atoms with van der Waals surface area (Å²) in [6, 6.07) is 3.74. The Balaban J connectivity index is 1.84. The lowest BCUT2D eigenvalue weighted by atomic mass is 10.1. The Morgan fingerprint density at radius 3 is 2.83 bits per heavy atom. The van der Waals surface area contributed by atoms with Gasteiger partial charge in [0.25, 0.3) is 0 Å². The molecule has 1 atom stereocenters. The second-order valence-corrected chi connectivity index (χ2v) is 4.60. The van der Waals surface area contributed by atoms with Crippen LogP contribution in [0.15, 0.2) is 18.2 Å². The summed E-state index contributed by atoms with van der Waals surface area (Å²) in [5.74, 6) is -2.09. The van der Waals surface area contributed by atoms with Crippen molar-refractivity contribution in [3.05, 3.63) is 35.4 Å². The number of hydrogen-bond donors (Lipinski definition) is 2. The van der Waals surface area contributed by atoms with Crippen LogP contribution in [-0.4, -0.2) is 23.7 Å². The normalized spacial score (nSPS) is 16.4. The fourth-order valence-electron chi connectivity index (χ4n) is 1.79. The highest BCUT2D eigenvalue weighted by molar-refractivity contribution is 5.78. The number of aliphatic hydroxyl groups is 1. The topological polar surface area (TPSA) is 49.3 Å². The molecule has 98 valence electrons. The summed E-state index contributed by atoms with van der Waals surface area (Å²) in [5, 5.41) is 12.1. The molecule has 1 aliphatic rings. The Morgan fingerprint density at radius 2 is 2.17 bits per heavy atom. The summed E-state index contributed by atoms with van der Waals surface area (Å²) in [5.41, 5.74) is 0.0217. The summed E-state index contributed by atoms with van der Waals surface area (Å²) in [6.45, 7) is 0.167. The van der Waals surface area contributed by atoms with Crippen molar-refractivity contribution in [3.8, 4) is 0 Å². The highest BCUT2D eigenvalue weighted by atomic mass is 19.2. The van der Waals surface area contributed by atoms with Crippen molar-refractivity contribution in [3.63, 3.8) is 0 Å². The van der Waals surface area contributed by atoms with E-state index in [1.807, 2.05) is 0 Å². The van der Waals surface area contributed by atoms with E-state index in [4.69, 9.17) is 0 Å². The molecule has 1 unspecified atom stereocenters. The number of rotatable bonds is 5. The molecule has 5 heteroatoms. The first kappa shape index (κ1) is 13.0. The first-order valence-electron chi connectivity index (χ1n) is 5.95. The van der Waals surface area contributed by atoms with Crippen LogP contribution in [0, 0.1) is 17.6 Å². The van der Waals surface area contributed by atoms with Crippen LogP contribution < -0.4 is 5.32 Å². The van der Waals surface area contributed by atoms with Crippen molar-refractivity contribution in [1.82, 2.24) is 5.32 Å². The van der Waals surface area contributed by atoms with Crippen molar-refractivity contribution in [2.75, 3.05) is 6.54 Å². The zero-order chi connectivity index (χ0) is 13.1. The van der Waals surface area contributed by atoms with E-state index >= 15 is 0 Å². The Morgan fingerprint density at radius 1 is 1.44 bits per heavy atom. The second kappa shape index (κ2) is 5.44. The molecule has 0 saturated heterocycles. The van der Waals surface area contributed by atoms with Gasteiger partial charge in [0.05, 0.1) is 12.5 Å².